The number of anilines is 4. The number of rotatable bonds is 24. The highest BCUT2D eigenvalue weighted by atomic mass is 16.5. The Labute approximate surface area is 427 Å². The number of benzene rings is 5. The highest BCUT2D eigenvalue weighted by Crippen LogP contribution is 2.43. The molecule has 0 unspecified atom stereocenters. The van der Waals surface area contributed by atoms with Gasteiger partial charge in [0.15, 0.2) is 23.0 Å². The van der Waals surface area contributed by atoms with E-state index < -0.39 is 0 Å². The molecule has 9 rings (SSSR count). The normalized spacial score (nSPS) is 16.3. The van der Waals surface area contributed by atoms with E-state index in [0.29, 0.717) is 117 Å². The van der Waals surface area contributed by atoms with Crippen molar-refractivity contribution in [3.05, 3.63) is 124 Å². The van der Waals surface area contributed by atoms with Gasteiger partial charge in [0.25, 0.3) is 11.8 Å². The molecule has 16 heteroatoms. The van der Waals surface area contributed by atoms with Crippen molar-refractivity contribution in [1.29, 1.82) is 0 Å². The molecule has 2 atom stereocenters. The maximum atomic E-state index is 14.2. The van der Waals surface area contributed by atoms with Crippen molar-refractivity contribution >= 4 is 52.4 Å². The van der Waals surface area contributed by atoms with Crippen molar-refractivity contribution < 1.29 is 47.5 Å². The van der Waals surface area contributed by atoms with Gasteiger partial charge in [-0.05, 0) is 89.4 Å². The van der Waals surface area contributed by atoms with E-state index in [1.807, 2.05) is 70.6 Å². The van der Waals surface area contributed by atoms with Crippen LogP contribution in [0, 0.1) is 5.41 Å². The molecule has 4 heterocycles. The Bertz CT molecular complexity index is 2850. The molecular formula is C57H66N6O10. The first-order valence-corrected chi connectivity index (χ1v) is 25.0. The fraction of sp³-hybridized carbons (Fsp3) is 0.404. The lowest BCUT2D eigenvalue weighted by Crippen LogP contribution is -2.39. The molecule has 16 nitrogen and oxygen atoms in total. The first kappa shape index (κ1) is 50.8. The van der Waals surface area contributed by atoms with Crippen molar-refractivity contribution in [2.45, 2.75) is 71.2 Å². The zero-order valence-electron chi connectivity index (χ0n) is 42.4. The van der Waals surface area contributed by atoms with Crippen LogP contribution in [0.4, 0.5) is 28.4 Å². The van der Waals surface area contributed by atoms with Gasteiger partial charge in [0.1, 0.15) is 13.2 Å². The quantitative estimate of drug-likeness (QED) is 0.0567. The molecule has 384 valence electrons. The van der Waals surface area contributed by atoms with Crippen molar-refractivity contribution in [2.24, 2.45) is 16.1 Å². The molecule has 4 aliphatic heterocycles. The van der Waals surface area contributed by atoms with Gasteiger partial charge < -0.3 is 54.0 Å². The number of carbonyl (C=O) groups excluding carboxylic acids is 3. The van der Waals surface area contributed by atoms with Crippen molar-refractivity contribution in [2.75, 3.05) is 94.0 Å². The summed E-state index contributed by atoms with van der Waals surface area (Å²) in [5, 5.41) is 3.54. The third kappa shape index (κ3) is 11.6. The molecule has 73 heavy (non-hydrogen) atoms. The van der Waals surface area contributed by atoms with Gasteiger partial charge >= 0.3 is 0 Å². The van der Waals surface area contributed by atoms with Crippen LogP contribution in [-0.4, -0.2) is 110 Å². The fourth-order valence-corrected chi connectivity index (χ4v) is 10.3. The third-order valence-electron chi connectivity index (χ3n) is 13.9. The first-order valence-electron chi connectivity index (χ1n) is 25.0. The van der Waals surface area contributed by atoms with Gasteiger partial charge in [-0.1, -0.05) is 50.2 Å². The smallest absolute Gasteiger partial charge is 0.261 e. The lowest BCUT2D eigenvalue weighted by molar-refractivity contribution is -0.118. The summed E-state index contributed by atoms with van der Waals surface area (Å²) >= 11 is 0. The summed E-state index contributed by atoms with van der Waals surface area (Å²) in [6, 6.07) is 29.1. The molecule has 0 fully saturated rings. The minimum atomic E-state index is -0.318. The van der Waals surface area contributed by atoms with Gasteiger partial charge in [-0.3, -0.25) is 24.3 Å². The van der Waals surface area contributed by atoms with Crippen LogP contribution in [0.25, 0.3) is 0 Å². The lowest BCUT2D eigenvalue weighted by atomic mass is 9.86. The molecule has 4 aliphatic rings. The predicted molar refractivity (Wildman–Crippen MR) is 282 cm³/mol. The SMILES string of the molecule is COCCOCCOCCN(CC(C)(C)CCCC(N)=O)c1cc(COc2cc3c(cc2OC)C(=O)N2c4ccccc4C[C@H]2C=N3)cc(COc2cc3c(cc2OC)C(=O)N2c4ccccc4C[C@H]2CN3)c1. The van der Waals surface area contributed by atoms with Gasteiger partial charge in [-0.15, -0.1) is 0 Å². The van der Waals surface area contributed by atoms with Gasteiger partial charge in [0.2, 0.25) is 5.91 Å². The first-order chi connectivity index (χ1) is 35.4. The van der Waals surface area contributed by atoms with Crippen LogP contribution < -0.4 is 44.7 Å². The Balaban J connectivity index is 1.01. The number of nitrogens with one attached hydrogen (secondary N) is 1. The zero-order chi connectivity index (χ0) is 51.1. The van der Waals surface area contributed by atoms with Gasteiger partial charge in [-0.25, -0.2) is 0 Å². The van der Waals surface area contributed by atoms with Crippen LogP contribution in [0.15, 0.2) is 96.0 Å². The number of carbonyl (C=O) groups is 3. The van der Waals surface area contributed by atoms with E-state index >= 15 is 0 Å². The number of nitrogens with two attached hydrogens (primary N) is 1. The molecule has 3 amide bonds. The number of ether oxygens (including phenoxy) is 7. The van der Waals surface area contributed by atoms with E-state index in [9.17, 15) is 14.4 Å². The number of hydrogen-bond acceptors (Lipinski definition) is 13. The molecule has 0 bridgehead atoms. The molecule has 3 N–H and O–H groups in total. The van der Waals surface area contributed by atoms with E-state index in [0.717, 1.165) is 52.2 Å². The van der Waals surface area contributed by atoms with Crippen LogP contribution in [0.1, 0.15) is 76.1 Å². The molecular weight excluding hydrogens is 929 g/mol. The van der Waals surface area contributed by atoms with Crippen LogP contribution >= 0.6 is 0 Å². The average Bonchev–Trinajstić information content (AvgIpc) is 3.88. The van der Waals surface area contributed by atoms with Crippen molar-refractivity contribution in [3.63, 3.8) is 0 Å². The molecule has 5 aromatic carbocycles. The summed E-state index contributed by atoms with van der Waals surface area (Å²) in [5.41, 5.74) is 14.1. The summed E-state index contributed by atoms with van der Waals surface area (Å²) in [7, 11) is 4.77. The minimum absolute atomic E-state index is 0.0244. The van der Waals surface area contributed by atoms with E-state index in [-0.39, 0.29) is 48.4 Å². The Kier molecular flexibility index (Phi) is 15.8. The molecule has 0 aliphatic carbocycles. The van der Waals surface area contributed by atoms with Crippen LogP contribution in [0.5, 0.6) is 23.0 Å². The highest BCUT2D eigenvalue weighted by Gasteiger charge is 2.39. The van der Waals surface area contributed by atoms with E-state index in [1.54, 1.807) is 39.5 Å². The summed E-state index contributed by atoms with van der Waals surface area (Å²) in [4.78, 5) is 51.0. The predicted octanol–water partition coefficient (Wildman–Crippen LogP) is 8.31. The lowest BCUT2D eigenvalue weighted by Gasteiger charge is -2.35. The number of fused-ring (bicyclic) bond motifs is 8. The highest BCUT2D eigenvalue weighted by molar-refractivity contribution is 6.15. The molecule has 0 saturated carbocycles. The summed E-state index contributed by atoms with van der Waals surface area (Å²) in [6.45, 7) is 8.72. The van der Waals surface area contributed by atoms with Crippen LogP contribution in [0.3, 0.4) is 0 Å². The average molecular weight is 995 g/mol. The Hall–Kier alpha value is -7.14. The number of primary amides is 1. The number of amides is 3. The van der Waals surface area contributed by atoms with Crippen LogP contribution in [-0.2, 0) is 45.1 Å². The second kappa shape index (κ2) is 22.7. The second-order valence-electron chi connectivity index (χ2n) is 19.7. The van der Waals surface area contributed by atoms with Gasteiger partial charge in [0, 0.05) is 75.0 Å². The summed E-state index contributed by atoms with van der Waals surface area (Å²) in [5.74, 6) is 1.20. The Morgan fingerprint density at radius 1 is 0.740 bits per heavy atom. The monoisotopic (exact) mass is 994 g/mol. The van der Waals surface area contributed by atoms with E-state index in [4.69, 9.17) is 43.9 Å². The Morgan fingerprint density at radius 3 is 2.04 bits per heavy atom. The zero-order valence-corrected chi connectivity index (χ0v) is 42.4. The minimum Gasteiger partial charge on any atom is -0.493 e. The number of aliphatic imine (C=N–C) groups is 1. The van der Waals surface area contributed by atoms with Crippen molar-refractivity contribution in [1.82, 2.24) is 0 Å². The number of hydrogen-bond donors (Lipinski definition) is 2. The number of methoxy groups -OCH3 is 3. The third-order valence-corrected chi connectivity index (χ3v) is 13.9. The number of para-hydroxylation sites is 2. The maximum absolute atomic E-state index is 14.2. The molecule has 0 spiro atoms. The van der Waals surface area contributed by atoms with Crippen LogP contribution in [0.2, 0.25) is 0 Å². The second-order valence-corrected chi connectivity index (χ2v) is 19.7. The summed E-state index contributed by atoms with van der Waals surface area (Å²) in [6.07, 6.45) is 5.04. The fourth-order valence-electron chi connectivity index (χ4n) is 10.3. The van der Waals surface area contributed by atoms with Gasteiger partial charge in [0.05, 0.1) is 81.8 Å². The molecule has 5 aromatic rings. The van der Waals surface area contributed by atoms with E-state index in [1.165, 1.54) is 0 Å². The molecule has 0 saturated heterocycles. The molecule has 0 radical (unpaired) electrons. The van der Waals surface area contributed by atoms with E-state index in [2.05, 4.69) is 42.3 Å². The van der Waals surface area contributed by atoms with Gasteiger partial charge in [-0.2, -0.15) is 0 Å². The Morgan fingerprint density at radius 2 is 1.36 bits per heavy atom. The largest absolute Gasteiger partial charge is 0.493 e. The topological polar surface area (TPSA) is 176 Å². The maximum Gasteiger partial charge on any atom is 0.261 e. The standard InChI is InChI=1S/C57H66N6O10/c1-57(2,16-10-15-54(58)64)36-61(17-18-70-21-22-71-20-19-67-3)41-24-37(34-72-52-30-46-44(28-50(52)68-4)55(65)62-42(32-59-46)26-39-11-6-8-13-48(39)62)23-38(25-41)35-73-53-31-47-45(29-51(53)69-5)56(66)63-43(33-60-47)27-40-12-7-9-14-49(40)63/h6-9,11-14,23-25,28-32,42-43,60H,10,15-22,26-27,33-36H2,1-5H3,(H2,58,64)/t42-,43-/m0/s1. The molecule has 0 aromatic heterocycles. The number of nitrogens with zero attached hydrogens (tertiary/aromatic N) is 4. The van der Waals surface area contributed by atoms with Crippen molar-refractivity contribution in [3.8, 4) is 23.0 Å². The summed E-state index contributed by atoms with van der Waals surface area (Å²) < 4.78 is 41.9.